The van der Waals surface area contributed by atoms with E-state index in [1.54, 1.807) is 12.1 Å². The molecule has 0 saturated carbocycles. The first-order valence-corrected chi connectivity index (χ1v) is 10.9. The first kappa shape index (κ1) is 20.0. The number of rotatable bonds is 6. The second kappa shape index (κ2) is 8.07. The summed E-state index contributed by atoms with van der Waals surface area (Å²) in [5.74, 6) is -0.363. The predicted octanol–water partition coefficient (Wildman–Crippen LogP) is 3.77. The van der Waals surface area contributed by atoms with Crippen LogP contribution < -0.4 is 10.0 Å². The zero-order chi connectivity index (χ0) is 20.3. The van der Waals surface area contributed by atoms with Gasteiger partial charge in [-0.05, 0) is 43.0 Å². The number of nitrogens with zero attached hydrogens (tertiary/aromatic N) is 2. The number of sulfonamides is 1. The molecule has 3 aromatic rings. The van der Waals surface area contributed by atoms with Gasteiger partial charge in [-0.2, -0.15) is 8.42 Å². The highest BCUT2D eigenvalue weighted by Crippen LogP contribution is 2.27. The maximum Gasteiger partial charge on any atom is 0.291 e. The highest BCUT2D eigenvalue weighted by atomic mass is 32.2. The van der Waals surface area contributed by atoms with Crippen LogP contribution in [-0.4, -0.2) is 24.5 Å². The third kappa shape index (κ3) is 4.20. The van der Waals surface area contributed by atoms with E-state index < -0.39 is 10.0 Å². The molecular weight excluding hydrogens is 396 g/mol. The number of para-hydroxylation sites is 1. The Morgan fingerprint density at radius 1 is 1.04 bits per heavy atom. The molecule has 0 saturated heterocycles. The Hall–Kier alpha value is -2.78. The maximum absolute atomic E-state index is 12.7. The molecule has 0 unspecified atom stereocenters. The van der Waals surface area contributed by atoms with Crippen molar-refractivity contribution in [1.29, 1.82) is 0 Å². The number of carbonyl (C=O) groups is 1. The van der Waals surface area contributed by atoms with Gasteiger partial charge in [-0.15, -0.1) is 10.2 Å². The average Bonchev–Trinajstić information content (AvgIpc) is 3.13. The van der Waals surface area contributed by atoms with Crippen LogP contribution in [0.15, 0.2) is 46.8 Å². The molecule has 0 aliphatic heterocycles. The summed E-state index contributed by atoms with van der Waals surface area (Å²) in [6.45, 7) is 5.62. The van der Waals surface area contributed by atoms with E-state index in [2.05, 4.69) is 20.2 Å². The van der Waals surface area contributed by atoms with Gasteiger partial charge in [0.2, 0.25) is 5.13 Å². The van der Waals surface area contributed by atoms with Crippen molar-refractivity contribution in [2.24, 2.45) is 0 Å². The first-order valence-electron chi connectivity index (χ1n) is 8.63. The molecule has 9 heteroatoms. The lowest BCUT2D eigenvalue weighted by molar-refractivity contribution is 0.102. The molecule has 0 atom stereocenters. The third-order valence-electron chi connectivity index (χ3n) is 4.22. The largest absolute Gasteiger partial charge is 0.296 e. The van der Waals surface area contributed by atoms with Crippen molar-refractivity contribution < 1.29 is 13.2 Å². The molecule has 0 spiro atoms. The molecule has 0 aliphatic rings. The number of aromatic nitrogens is 2. The van der Waals surface area contributed by atoms with Gasteiger partial charge in [0.1, 0.15) is 0 Å². The number of benzene rings is 2. The lowest BCUT2D eigenvalue weighted by Gasteiger charge is -2.12. The van der Waals surface area contributed by atoms with Gasteiger partial charge < -0.3 is 0 Å². The molecule has 146 valence electrons. The van der Waals surface area contributed by atoms with E-state index in [-0.39, 0.29) is 15.4 Å². The normalized spacial score (nSPS) is 11.2. The van der Waals surface area contributed by atoms with E-state index in [1.807, 2.05) is 51.1 Å². The summed E-state index contributed by atoms with van der Waals surface area (Å²) in [5.41, 5.74) is 3.56. The minimum atomic E-state index is -3.91. The van der Waals surface area contributed by atoms with E-state index in [0.29, 0.717) is 17.7 Å². The maximum atomic E-state index is 12.7. The molecule has 0 bridgehead atoms. The summed E-state index contributed by atoms with van der Waals surface area (Å²) in [6.07, 6.45) is 0.688. The van der Waals surface area contributed by atoms with E-state index in [4.69, 9.17) is 0 Å². The average molecular weight is 417 g/mol. The van der Waals surface area contributed by atoms with Crippen LogP contribution in [0, 0.1) is 13.8 Å². The second-order valence-corrected chi connectivity index (χ2v) is 9.04. The highest BCUT2D eigenvalue weighted by Gasteiger charge is 2.23. The summed E-state index contributed by atoms with van der Waals surface area (Å²) in [4.78, 5) is 12.4. The van der Waals surface area contributed by atoms with Gasteiger partial charge in [0.05, 0.1) is 5.69 Å². The lowest BCUT2D eigenvalue weighted by Crippen LogP contribution is -2.15. The molecular formula is C19H20N4O3S2. The molecule has 7 nitrogen and oxygen atoms in total. The summed E-state index contributed by atoms with van der Waals surface area (Å²) in [6, 6.07) is 12.7. The fourth-order valence-electron chi connectivity index (χ4n) is 2.71. The number of carbonyl (C=O) groups excluding carboxylic acids is 1. The quantitative estimate of drug-likeness (QED) is 0.596. The van der Waals surface area contributed by atoms with E-state index in [0.717, 1.165) is 28.0 Å². The van der Waals surface area contributed by atoms with Crippen molar-refractivity contribution in [3.05, 3.63) is 64.7 Å². The monoisotopic (exact) mass is 416 g/mol. The number of nitrogens with one attached hydrogen (secondary N) is 2. The standard InChI is InChI=1S/C19H20N4O3S2/c1-4-14-10-7-9-13(3)16(14)23-28(25,26)19-22-21-18(27-19)20-17(24)15-11-6-5-8-12(15)2/h5-11,23H,4H2,1-3H3,(H,20,21,24). The van der Waals surface area contributed by atoms with Gasteiger partial charge in [0, 0.05) is 5.56 Å². The topological polar surface area (TPSA) is 101 Å². The molecule has 3 rings (SSSR count). The van der Waals surface area contributed by atoms with Crippen LogP contribution in [0.4, 0.5) is 10.8 Å². The Bertz CT molecular complexity index is 1120. The first-order chi connectivity index (χ1) is 13.3. The van der Waals surface area contributed by atoms with E-state index >= 15 is 0 Å². The molecule has 0 fully saturated rings. The van der Waals surface area contributed by atoms with Crippen LogP contribution in [-0.2, 0) is 16.4 Å². The molecule has 2 N–H and O–H groups in total. The molecule has 28 heavy (non-hydrogen) atoms. The van der Waals surface area contributed by atoms with Crippen molar-refractivity contribution in [2.75, 3.05) is 10.0 Å². The fourth-order valence-corrected chi connectivity index (χ4v) is 4.78. The summed E-state index contributed by atoms with van der Waals surface area (Å²) >= 11 is 0.803. The fraction of sp³-hybridized carbons (Fsp3) is 0.211. The highest BCUT2D eigenvalue weighted by molar-refractivity contribution is 7.94. The van der Waals surface area contributed by atoms with Crippen LogP contribution in [0.5, 0.6) is 0 Å². The minimum Gasteiger partial charge on any atom is -0.296 e. The lowest BCUT2D eigenvalue weighted by atomic mass is 10.1. The van der Waals surface area contributed by atoms with Crippen molar-refractivity contribution in [2.45, 2.75) is 31.5 Å². The van der Waals surface area contributed by atoms with Gasteiger partial charge in [-0.25, -0.2) is 0 Å². The molecule has 0 radical (unpaired) electrons. The van der Waals surface area contributed by atoms with Crippen LogP contribution in [0.3, 0.4) is 0 Å². The molecule has 0 aliphatic carbocycles. The van der Waals surface area contributed by atoms with Crippen molar-refractivity contribution in [3.63, 3.8) is 0 Å². The number of anilines is 2. The Morgan fingerprint density at radius 2 is 1.75 bits per heavy atom. The van der Waals surface area contributed by atoms with Crippen LogP contribution in [0.2, 0.25) is 0 Å². The SMILES string of the molecule is CCc1cccc(C)c1NS(=O)(=O)c1nnc(NC(=O)c2ccccc2C)s1. The van der Waals surface area contributed by atoms with Gasteiger partial charge in [-0.3, -0.25) is 14.8 Å². The van der Waals surface area contributed by atoms with E-state index in [1.165, 1.54) is 0 Å². The van der Waals surface area contributed by atoms with Crippen LogP contribution >= 0.6 is 11.3 Å². The number of hydrogen-bond acceptors (Lipinski definition) is 6. The summed E-state index contributed by atoms with van der Waals surface area (Å²) in [5, 5.41) is 10.3. The van der Waals surface area contributed by atoms with Gasteiger partial charge in [0.25, 0.3) is 20.3 Å². The number of hydrogen-bond donors (Lipinski definition) is 2. The van der Waals surface area contributed by atoms with Crippen molar-refractivity contribution in [1.82, 2.24) is 10.2 Å². The Morgan fingerprint density at radius 3 is 2.46 bits per heavy atom. The Kier molecular flexibility index (Phi) is 5.76. The minimum absolute atomic E-state index is 0.120. The van der Waals surface area contributed by atoms with Crippen LogP contribution in [0.1, 0.15) is 34.0 Å². The van der Waals surface area contributed by atoms with Crippen molar-refractivity contribution in [3.8, 4) is 0 Å². The van der Waals surface area contributed by atoms with E-state index in [9.17, 15) is 13.2 Å². The third-order valence-corrected chi connectivity index (χ3v) is 6.78. The van der Waals surface area contributed by atoms with Crippen molar-refractivity contribution >= 4 is 38.1 Å². The van der Waals surface area contributed by atoms with Crippen LogP contribution in [0.25, 0.3) is 0 Å². The van der Waals surface area contributed by atoms with Gasteiger partial charge in [-0.1, -0.05) is 54.7 Å². The zero-order valence-electron chi connectivity index (χ0n) is 15.7. The summed E-state index contributed by atoms with van der Waals surface area (Å²) < 4.78 is 27.8. The predicted molar refractivity (Wildman–Crippen MR) is 110 cm³/mol. The zero-order valence-corrected chi connectivity index (χ0v) is 17.3. The molecule has 1 amide bonds. The second-order valence-electron chi connectivity index (χ2n) is 6.21. The van der Waals surface area contributed by atoms with Gasteiger partial charge in [0.15, 0.2) is 0 Å². The number of amides is 1. The Balaban J connectivity index is 1.81. The molecule has 1 heterocycles. The Labute approximate surface area is 167 Å². The number of aryl methyl sites for hydroxylation is 3. The molecule has 1 aromatic heterocycles. The summed E-state index contributed by atoms with van der Waals surface area (Å²) in [7, 11) is -3.91. The van der Waals surface area contributed by atoms with Gasteiger partial charge >= 0.3 is 0 Å². The molecule has 2 aromatic carbocycles. The smallest absolute Gasteiger partial charge is 0.291 e.